The van der Waals surface area contributed by atoms with Crippen LogP contribution >= 0.6 is 0 Å². The van der Waals surface area contributed by atoms with E-state index in [1.165, 1.54) is 19.3 Å². The molecule has 13 heteroatoms. The van der Waals surface area contributed by atoms with E-state index in [1.807, 2.05) is 0 Å². The zero-order valence-electron chi connectivity index (χ0n) is 17.7. The number of hydrogen-bond donors (Lipinski definition) is 4. The number of rotatable bonds is 7. The zero-order valence-corrected chi connectivity index (χ0v) is 17.7. The van der Waals surface area contributed by atoms with Crippen LogP contribution in [0.2, 0.25) is 0 Å². The van der Waals surface area contributed by atoms with Crippen LogP contribution < -0.4 is 16.0 Å². The number of alkyl halides is 3. The maximum absolute atomic E-state index is 14.0. The number of nitrogens with one attached hydrogen (secondary N) is 3. The van der Waals surface area contributed by atoms with Gasteiger partial charge in [-0.2, -0.15) is 13.2 Å². The van der Waals surface area contributed by atoms with Gasteiger partial charge in [0.2, 0.25) is 5.95 Å². The van der Waals surface area contributed by atoms with Crippen molar-refractivity contribution in [1.29, 1.82) is 0 Å². The number of aliphatic hydroxyl groups excluding tert-OH is 1. The zero-order chi connectivity index (χ0) is 24.6. The van der Waals surface area contributed by atoms with Crippen molar-refractivity contribution in [3.8, 4) is 0 Å². The third-order valence-corrected chi connectivity index (χ3v) is 5.47. The van der Waals surface area contributed by atoms with Crippen molar-refractivity contribution >= 4 is 28.6 Å². The van der Waals surface area contributed by atoms with E-state index in [0.717, 1.165) is 18.9 Å². The van der Waals surface area contributed by atoms with E-state index in [1.54, 1.807) is 5.32 Å². The third kappa shape index (κ3) is 5.03. The Labute approximate surface area is 189 Å². The first-order chi connectivity index (χ1) is 16.1. The number of halogens is 5. The van der Waals surface area contributed by atoms with Crippen molar-refractivity contribution in [3.05, 3.63) is 47.5 Å². The number of amides is 2. The Kier molecular flexibility index (Phi) is 6.30. The van der Waals surface area contributed by atoms with Gasteiger partial charge >= 0.3 is 12.2 Å². The summed E-state index contributed by atoms with van der Waals surface area (Å²) in [5, 5.41) is 16.1. The highest BCUT2D eigenvalue weighted by molar-refractivity contribution is 5.89. The Bertz CT molecular complexity index is 1190. The van der Waals surface area contributed by atoms with E-state index < -0.39 is 41.2 Å². The number of anilines is 2. The van der Waals surface area contributed by atoms with E-state index >= 15 is 0 Å². The number of aryl methyl sites for hydroxylation is 1. The molecule has 1 aromatic carbocycles. The fourth-order valence-electron chi connectivity index (χ4n) is 3.58. The summed E-state index contributed by atoms with van der Waals surface area (Å²) < 4.78 is 73.8. The predicted molar refractivity (Wildman–Crippen MR) is 111 cm³/mol. The molecule has 0 unspecified atom stereocenters. The quantitative estimate of drug-likeness (QED) is 0.369. The number of aromatic nitrogens is 2. The van der Waals surface area contributed by atoms with Gasteiger partial charge in [0.1, 0.15) is 11.6 Å². The minimum atomic E-state index is -5.00. The molecule has 2 aromatic heterocycles. The third-order valence-electron chi connectivity index (χ3n) is 5.47. The van der Waals surface area contributed by atoms with Gasteiger partial charge in [0.15, 0.2) is 17.4 Å². The summed E-state index contributed by atoms with van der Waals surface area (Å²) in [5.74, 6) is -2.39. The van der Waals surface area contributed by atoms with Crippen LogP contribution in [-0.2, 0) is 0 Å². The van der Waals surface area contributed by atoms with Crippen molar-refractivity contribution in [2.75, 3.05) is 17.2 Å². The molecule has 0 saturated heterocycles. The van der Waals surface area contributed by atoms with Crippen LogP contribution in [0.25, 0.3) is 11.0 Å². The second-order valence-corrected chi connectivity index (χ2v) is 7.99. The van der Waals surface area contributed by atoms with Gasteiger partial charge in [-0.25, -0.2) is 23.5 Å². The van der Waals surface area contributed by atoms with Gasteiger partial charge in [0.25, 0.3) is 0 Å². The molecule has 1 fully saturated rings. The molecule has 34 heavy (non-hydrogen) atoms. The van der Waals surface area contributed by atoms with E-state index in [2.05, 4.69) is 20.6 Å². The molecule has 0 bridgehead atoms. The van der Waals surface area contributed by atoms with E-state index in [9.17, 15) is 31.9 Å². The number of carbonyl (C=O) groups excluding carboxylic acids is 1. The highest BCUT2D eigenvalue weighted by Gasteiger charge is 2.45. The number of urea groups is 1. The van der Waals surface area contributed by atoms with Gasteiger partial charge < -0.3 is 25.5 Å². The summed E-state index contributed by atoms with van der Waals surface area (Å²) in [4.78, 5) is 20.3. The number of furan rings is 1. The Hall–Kier alpha value is -3.48. The van der Waals surface area contributed by atoms with Crippen LogP contribution in [0.1, 0.15) is 30.2 Å². The molecule has 3 aromatic rings. The number of benzene rings is 1. The van der Waals surface area contributed by atoms with E-state index in [4.69, 9.17) is 4.42 Å². The summed E-state index contributed by atoms with van der Waals surface area (Å²) in [6.45, 7) is 1.10. The first kappa shape index (κ1) is 23.7. The topological polar surface area (TPSA) is 112 Å². The number of carbonyl (C=O) groups is 1. The highest BCUT2D eigenvalue weighted by Crippen LogP contribution is 2.39. The van der Waals surface area contributed by atoms with Crippen LogP contribution in [0.4, 0.5) is 38.4 Å². The Morgan fingerprint density at radius 1 is 1.24 bits per heavy atom. The summed E-state index contributed by atoms with van der Waals surface area (Å²) in [6.07, 6.45) is -0.681. The smallest absolute Gasteiger partial charge is 0.416 e. The Morgan fingerprint density at radius 2 is 1.91 bits per heavy atom. The average Bonchev–Trinajstić information content (AvgIpc) is 3.55. The Morgan fingerprint density at radius 3 is 2.50 bits per heavy atom. The van der Waals surface area contributed by atoms with Crippen LogP contribution in [0.15, 0.2) is 28.9 Å². The lowest BCUT2D eigenvalue weighted by Crippen LogP contribution is -2.40. The maximum atomic E-state index is 14.0. The molecule has 2 amide bonds. The van der Waals surface area contributed by atoms with Gasteiger partial charge in [-0.05, 0) is 31.7 Å². The average molecular weight is 485 g/mol. The first-order valence-electron chi connectivity index (χ1n) is 10.3. The normalized spacial score (nSPS) is 15.7. The maximum Gasteiger partial charge on any atom is 0.416 e. The van der Waals surface area contributed by atoms with Crippen LogP contribution in [0.5, 0.6) is 0 Å². The predicted octanol–water partition coefficient (Wildman–Crippen LogP) is 4.42. The van der Waals surface area contributed by atoms with Gasteiger partial charge in [-0.15, -0.1) is 0 Å². The minimum Gasteiger partial charge on any atom is -0.455 e. The molecule has 2 atom stereocenters. The fraction of sp³-hybridized carbons (Fsp3) is 0.381. The van der Waals surface area contributed by atoms with Crippen molar-refractivity contribution < 1.29 is 36.3 Å². The molecule has 4 rings (SSSR count). The molecule has 2 heterocycles. The molecule has 182 valence electrons. The molecule has 1 aliphatic carbocycles. The number of aliphatic hydroxyl groups is 1. The van der Waals surface area contributed by atoms with Gasteiger partial charge in [-0.1, -0.05) is 0 Å². The molecular weight excluding hydrogens is 465 g/mol. The molecule has 8 nitrogen and oxygen atoms in total. The molecule has 4 N–H and O–H groups in total. The van der Waals surface area contributed by atoms with E-state index in [-0.39, 0.29) is 35.2 Å². The highest BCUT2D eigenvalue weighted by atomic mass is 19.4. The van der Waals surface area contributed by atoms with Crippen LogP contribution in [0.3, 0.4) is 0 Å². The number of fused-ring (bicyclic) bond motifs is 1. The van der Waals surface area contributed by atoms with Crippen LogP contribution in [-0.4, -0.2) is 39.9 Å². The largest absolute Gasteiger partial charge is 0.455 e. The standard InChI is InChI=1S/C21H20F5N5O3/c1-9-13-4-11(22)5-14(23)17(13)34-16(9)18(21(24,25)26)31-20(33)29-12-6-27-19(28-7-12)30-15(8-32)10-2-3-10/h4-7,10,15,18,32H,2-3,8H2,1H3,(H,27,28,30)(H2,29,31,33)/t15-,18+/m0/s1. The monoisotopic (exact) mass is 485 g/mol. The second-order valence-electron chi connectivity index (χ2n) is 7.99. The molecular formula is C21H20F5N5O3. The molecule has 1 aliphatic rings. The molecule has 0 radical (unpaired) electrons. The van der Waals surface area contributed by atoms with Crippen LogP contribution in [0, 0.1) is 24.5 Å². The second kappa shape index (κ2) is 9.05. The first-order valence-corrected chi connectivity index (χ1v) is 10.3. The molecule has 1 saturated carbocycles. The summed E-state index contributed by atoms with van der Waals surface area (Å²) in [6, 6.07) is -2.74. The van der Waals surface area contributed by atoms with Gasteiger partial charge in [-0.3, -0.25) is 0 Å². The molecule has 0 aliphatic heterocycles. The SMILES string of the molecule is Cc1c([C@@H](NC(=O)Nc2cnc(N[C@@H](CO)C3CC3)nc2)C(F)(F)F)oc2c(F)cc(F)cc12. The summed E-state index contributed by atoms with van der Waals surface area (Å²) >= 11 is 0. The Balaban J connectivity index is 1.49. The van der Waals surface area contributed by atoms with Crippen molar-refractivity contribution in [1.82, 2.24) is 15.3 Å². The lowest BCUT2D eigenvalue weighted by atomic mass is 10.1. The number of nitrogens with zero attached hydrogens (tertiary/aromatic N) is 2. The lowest BCUT2D eigenvalue weighted by Gasteiger charge is -2.21. The van der Waals surface area contributed by atoms with Gasteiger partial charge in [0, 0.05) is 17.0 Å². The lowest BCUT2D eigenvalue weighted by molar-refractivity contribution is -0.158. The molecule has 0 spiro atoms. The van der Waals surface area contributed by atoms with E-state index in [0.29, 0.717) is 12.0 Å². The fourth-order valence-corrected chi connectivity index (χ4v) is 3.58. The summed E-state index contributed by atoms with van der Waals surface area (Å²) in [7, 11) is 0. The summed E-state index contributed by atoms with van der Waals surface area (Å²) in [5.41, 5.74) is -0.705. The van der Waals surface area contributed by atoms with Crippen molar-refractivity contribution in [3.63, 3.8) is 0 Å². The van der Waals surface area contributed by atoms with Crippen molar-refractivity contribution in [2.45, 2.75) is 38.0 Å². The van der Waals surface area contributed by atoms with Crippen molar-refractivity contribution in [2.24, 2.45) is 5.92 Å². The minimum absolute atomic E-state index is 0.00499. The van der Waals surface area contributed by atoms with Gasteiger partial charge in [0.05, 0.1) is 30.7 Å². The number of hydrogen-bond acceptors (Lipinski definition) is 6.